The molecule has 1 aliphatic rings. The van der Waals surface area contributed by atoms with Gasteiger partial charge in [-0.05, 0) is 12.8 Å². The summed E-state index contributed by atoms with van der Waals surface area (Å²) in [5.74, 6) is -1.13. The second-order valence-electron chi connectivity index (χ2n) is 3.18. The SMILES string of the molecule is C=C(C(=O)O)C1CCCCS1(=O)=O. The molecule has 0 saturated carbocycles. The van der Waals surface area contributed by atoms with Crippen LogP contribution >= 0.6 is 0 Å². The van der Waals surface area contributed by atoms with Crippen LogP contribution in [0.2, 0.25) is 0 Å². The van der Waals surface area contributed by atoms with Crippen LogP contribution in [0, 0.1) is 0 Å². The second kappa shape index (κ2) is 3.49. The van der Waals surface area contributed by atoms with E-state index < -0.39 is 21.1 Å². The Labute approximate surface area is 77.2 Å². The summed E-state index contributed by atoms with van der Waals surface area (Å²) in [6.45, 7) is 3.29. The van der Waals surface area contributed by atoms with Gasteiger partial charge >= 0.3 is 5.97 Å². The summed E-state index contributed by atoms with van der Waals surface area (Å²) in [7, 11) is -3.25. The molecule has 1 unspecified atom stereocenters. The van der Waals surface area contributed by atoms with Gasteiger partial charge in [0.2, 0.25) is 0 Å². The molecule has 1 saturated heterocycles. The minimum absolute atomic E-state index is 0.0873. The van der Waals surface area contributed by atoms with Crippen LogP contribution in [0.3, 0.4) is 0 Å². The summed E-state index contributed by atoms with van der Waals surface area (Å²) in [4.78, 5) is 10.5. The van der Waals surface area contributed by atoms with E-state index in [9.17, 15) is 13.2 Å². The summed E-state index contributed by atoms with van der Waals surface area (Å²) in [5.41, 5.74) is -0.195. The van der Waals surface area contributed by atoms with Crippen molar-refractivity contribution in [1.82, 2.24) is 0 Å². The molecule has 5 heteroatoms. The Morgan fingerprint density at radius 2 is 2.00 bits per heavy atom. The van der Waals surface area contributed by atoms with Crippen LogP contribution in [-0.2, 0) is 14.6 Å². The first kappa shape index (κ1) is 10.2. The standard InChI is InChI=1S/C8H12O4S/c1-6(8(9)10)7-4-2-3-5-13(7,11)12/h7H,1-5H2,(H,9,10). The van der Waals surface area contributed by atoms with Crippen molar-refractivity contribution < 1.29 is 18.3 Å². The highest BCUT2D eigenvalue weighted by molar-refractivity contribution is 7.92. The van der Waals surface area contributed by atoms with Crippen molar-refractivity contribution >= 4 is 15.8 Å². The largest absolute Gasteiger partial charge is 0.478 e. The second-order valence-corrected chi connectivity index (χ2v) is 5.48. The van der Waals surface area contributed by atoms with Gasteiger partial charge in [-0.1, -0.05) is 13.0 Å². The van der Waals surface area contributed by atoms with Crippen molar-refractivity contribution in [2.24, 2.45) is 0 Å². The Morgan fingerprint density at radius 3 is 2.46 bits per heavy atom. The summed E-state index contributed by atoms with van der Waals surface area (Å²) in [5, 5.41) is 7.74. The van der Waals surface area contributed by atoms with Crippen molar-refractivity contribution in [1.29, 1.82) is 0 Å². The van der Waals surface area contributed by atoms with E-state index in [1.165, 1.54) is 0 Å². The molecule has 0 radical (unpaired) electrons. The average Bonchev–Trinajstić information content (AvgIpc) is 2.02. The Kier molecular flexibility index (Phi) is 2.75. The van der Waals surface area contributed by atoms with Gasteiger partial charge in [-0.2, -0.15) is 0 Å². The van der Waals surface area contributed by atoms with Crippen LogP contribution in [0.4, 0.5) is 0 Å². The highest BCUT2D eigenvalue weighted by atomic mass is 32.2. The third kappa shape index (κ3) is 2.09. The Balaban J connectivity index is 2.90. The van der Waals surface area contributed by atoms with E-state index in [4.69, 9.17) is 5.11 Å². The maximum absolute atomic E-state index is 11.4. The summed E-state index contributed by atoms with van der Waals surface area (Å²) >= 11 is 0. The normalized spacial score (nSPS) is 26.6. The Bertz CT molecular complexity index is 328. The third-order valence-electron chi connectivity index (χ3n) is 2.24. The van der Waals surface area contributed by atoms with Gasteiger partial charge in [0, 0.05) is 5.57 Å². The minimum atomic E-state index is -3.25. The van der Waals surface area contributed by atoms with E-state index in [0.29, 0.717) is 12.8 Å². The van der Waals surface area contributed by atoms with Crippen molar-refractivity contribution in [3.05, 3.63) is 12.2 Å². The first-order valence-electron chi connectivity index (χ1n) is 4.09. The molecule has 13 heavy (non-hydrogen) atoms. The Hall–Kier alpha value is -0.840. The smallest absolute Gasteiger partial charge is 0.332 e. The molecule has 74 valence electrons. The molecule has 0 aromatic carbocycles. The van der Waals surface area contributed by atoms with Crippen LogP contribution in [0.1, 0.15) is 19.3 Å². The van der Waals surface area contributed by atoms with Crippen LogP contribution in [-0.4, -0.2) is 30.5 Å². The number of sulfone groups is 1. The number of hydrogen-bond donors (Lipinski definition) is 1. The van der Waals surface area contributed by atoms with Crippen LogP contribution in [0.25, 0.3) is 0 Å². The number of carboxylic acids is 1. The zero-order chi connectivity index (χ0) is 10.1. The summed E-state index contributed by atoms with van der Waals surface area (Å²) in [6.07, 6.45) is 1.79. The molecule has 1 fully saturated rings. The van der Waals surface area contributed by atoms with E-state index in [1.807, 2.05) is 0 Å². The van der Waals surface area contributed by atoms with Gasteiger partial charge in [0.15, 0.2) is 9.84 Å². The number of rotatable bonds is 2. The maximum atomic E-state index is 11.4. The van der Waals surface area contributed by atoms with E-state index in [0.717, 1.165) is 6.42 Å². The molecule has 1 N–H and O–H groups in total. The molecule has 1 aliphatic heterocycles. The molecule has 1 atom stereocenters. The molecule has 1 heterocycles. The monoisotopic (exact) mass is 204 g/mol. The molecule has 0 spiro atoms. The van der Waals surface area contributed by atoms with E-state index in [1.54, 1.807) is 0 Å². The van der Waals surface area contributed by atoms with Crippen molar-refractivity contribution in [2.75, 3.05) is 5.75 Å². The topological polar surface area (TPSA) is 71.4 Å². The number of carboxylic acid groups (broad SMARTS) is 1. The first-order valence-corrected chi connectivity index (χ1v) is 5.80. The van der Waals surface area contributed by atoms with Gasteiger partial charge < -0.3 is 5.11 Å². The van der Waals surface area contributed by atoms with Crippen molar-refractivity contribution in [3.8, 4) is 0 Å². The molecule has 0 aromatic rings. The molecule has 0 aliphatic carbocycles. The molecular formula is C8H12O4S. The van der Waals surface area contributed by atoms with Gasteiger partial charge in [-0.15, -0.1) is 0 Å². The lowest BCUT2D eigenvalue weighted by Crippen LogP contribution is -2.32. The fourth-order valence-electron chi connectivity index (χ4n) is 1.48. The molecule has 0 aromatic heterocycles. The lowest BCUT2D eigenvalue weighted by atomic mass is 10.1. The zero-order valence-corrected chi connectivity index (χ0v) is 8.01. The predicted octanol–water partition coefficient (Wildman–Crippen LogP) is 0.595. The predicted molar refractivity (Wildman–Crippen MR) is 48.2 cm³/mol. The number of aliphatic carboxylic acids is 1. The van der Waals surface area contributed by atoms with Crippen LogP contribution < -0.4 is 0 Å². The van der Waals surface area contributed by atoms with E-state index in [2.05, 4.69) is 6.58 Å². The average molecular weight is 204 g/mol. The number of hydrogen-bond acceptors (Lipinski definition) is 3. The first-order chi connectivity index (χ1) is 5.95. The van der Waals surface area contributed by atoms with Crippen molar-refractivity contribution in [2.45, 2.75) is 24.5 Å². The van der Waals surface area contributed by atoms with Gasteiger partial charge in [0.25, 0.3) is 0 Å². The van der Waals surface area contributed by atoms with Gasteiger partial charge in [0.1, 0.15) is 0 Å². The summed E-state index contributed by atoms with van der Waals surface area (Å²) < 4.78 is 22.8. The lowest BCUT2D eigenvalue weighted by Gasteiger charge is -2.21. The molecule has 4 nitrogen and oxygen atoms in total. The lowest BCUT2D eigenvalue weighted by molar-refractivity contribution is -0.132. The van der Waals surface area contributed by atoms with E-state index in [-0.39, 0.29) is 11.3 Å². The summed E-state index contributed by atoms with van der Waals surface area (Å²) in [6, 6.07) is 0. The van der Waals surface area contributed by atoms with Crippen LogP contribution in [0.15, 0.2) is 12.2 Å². The van der Waals surface area contributed by atoms with Crippen molar-refractivity contribution in [3.63, 3.8) is 0 Å². The third-order valence-corrected chi connectivity index (χ3v) is 4.49. The molecular weight excluding hydrogens is 192 g/mol. The van der Waals surface area contributed by atoms with Crippen LogP contribution in [0.5, 0.6) is 0 Å². The van der Waals surface area contributed by atoms with Gasteiger partial charge in [-0.25, -0.2) is 13.2 Å². The number of carbonyl (C=O) groups is 1. The minimum Gasteiger partial charge on any atom is -0.478 e. The quantitative estimate of drug-likeness (QED) is 0.668. The fourth-order valence-corrected chi connectivity index (χ4v) is 3.43. The highest BCUT2D eigenvalue weighted by Gasteiger charge is 2.33. The molecule has 0 amide bonds. The van der Waals surface area contributed by atoms with E-state index >= 15 is 0 Å². The maximum Gasteiger partial charge on any atom is 0.332 e. The molecule has 0 bridgehead atoms. The highest BCUT2D eigenvalue weighted by Crippen LogP contribution is 2.24. The molecule has 1 rings (SSSR count). The zero-order valence-electron chi connectivity index (χ0n) is 7.19. The fraction of sp³-hybridized carbons (Fsp3) is 0.625. The van der Waals surface area contributed by atoms with Gasteiger partial charge in [0.05, 0.1) is 11.0 Å². The van der Waals surface area contributed by atoms with Gasteiger partial charge in [-0.3, -0.25) is 0 Å². The Morgan fingerprint density at radius 1 is 1.38 bits per heavy atom.